The first-order valence-electron chi connectivity index (χ1n) is 11.9. The molecule has 1 saturated heterocycles. The molecule has 0 saturated carbocycles. The van der Waals surface area contributed by atoms with Crippen LogP contribution in [0.25, 0.3) is 22.3 Å². The molecular formula is C26H33N5O2. The Bertz CT molecular complexity index is 1200. The van der Waals surface area contributed by atoms with Crippen LogP contribution >= 0.6 is 0 Å². The number of morpholine rings is 1. The predicted octanol–water partition coefficient (Wildman–Crippen LogP) is 4.13. The minimum Gasteiger partial charge on any atom is -0.377 e. The van der Waals surface area contributed by atoms with Gasteiger partial charge in [0.2, 0.25) is 5.91 Å². The van der Waals surface area contributed by atoms with Crippen LogP contribution in [-0.4, -0.2) is 58.1 Å². The average Bonchev–Trinajstić information content (AvgIpc) is 3.27. The summed E-state index contributed by atoms with van der Waals surface area (Å²) in [7, 11) is 0. The fourth-order valence-electron chi connectivity index (χ4n) is 5.22. The molecule has 0 bridgehead atoms. The second kappa shape index (κ2) is 8.13. The first kappa shape index (κ1) is 21.9. The van der Waals surface area contributed by atoms with Gasteiger partial charge in [-0.25, -0.2) is 9.97 Å². The third-order valence-corrected chi connectivity index (χ3v) is 7.06. The second-order valence-corrected chi connectivity index (χ2v) is 10.0. The zero-order valence-corrected chi connectivity index (χ0v) is 20.2. The van der Waals surface area contributed by atoms with Crippen LogP contribution in [0.3, 0.4) is 0 Å². The number of carbonyl (C=O) groups is 1. The standard InChI is InChI=1S/C26H33N5O2/c1-16(2)25(32)31-12-10-20-22(26(31,4)5)28-23(19-7-6-8-21-18(19)9-11-27-21)29-24(20)30-13-14-33-15-17(30)3/h6-9,11,16-17,27H,10,12-15H2,1-5H3/t17-/m1/s1. The van der Waals surface area contributed by atoms with Crippen molar-refractivity contribution in [2.24, 2.45) is 5.92 Å². The molecule has 0 spiro atoms. The van der Waals surface area contributed by atoms with Gasteiger partial charge in [-0.15, -0.1) is 0 Å². The molecule has 3 aromatic rings. The summed E-state index contributed by atoms with van der Waals surface area (Å²) in [5.41, 5.74) is 3.65. The van der Waals surface area contributed by atoms with E-state index in [-0.39, 0.29) is 17.9 Å². The highest BCUT2D eigenvalue weighted by Gasteiger charge is 2.42. The zero-order chi connectivity index (χ0) is 23.3. The van der Waals surface area contributed by atoms with E-state index in [2.05, 4.69) is 48.9 Å². The van der Waals surface area contributed by atoms with Crippen molar-refractivity contribution in [2.45, 2.75) is 52.6 Å². The van der Waals surface area contributed by atoms with Crippen molar-refractivity contribution in [2.75, 3.05) is 31.2 Å². The van der Waals surface area contributed by atoms with Crippen LogP contribution in [0.15, 0.2) is 30.5 Å². The summed E-state index contributed by atoms with van der Waals surface area (Å²) in [4.78, 5) is 31.1. The van der Waals surface area contributed by atoms with Gasteiger partial charge in [-0.1, -0.05) is 26.0 Å². The molecular weight excluding hydrogens is 414 g/mol. The van der Waals surface area contributed by atoms with E-state index in [1.807, 2.05) is 31.0 Å². The molecule has 1 atom stereocenters. The van der Waals surface area contributed by atoms with Crippen LogP contribution in [0.2, 0.25) is 0 Å². The van der Waals surface area contributed by atoms with Crippen LogP contribution in [0, 0.1) is 5.92 Å². The number of carbonyl (C=O) groups excluding carboxylic acids is 1. The van der Waals surface area contributed by atoms with Crippen molar-refractivity contribution in [1.29, 1.82) is 0 Å². The van der Waals surface area contributed by atoms with E-state index in [0.717, 1.165) is 46.5 Å². The maximum Gasteiger partial charge on any atom is 0.225 e. The van der Waals surface area contributed by atoms with Gasteiger partial charge < -0.3 is 19.5 Å². The fourth-order valence-corrected chi connectivity index (χ4v) is 5.22. The molecule has 0 radical (unpaired) electrons. The number of hydrogen-bond acceptors (Lipinski definition) is 5. The molecule has 2 aliphatic rings. The Morgan fingerprint density at radius 1 is 1.21 bits per heavy atom. The van der Waals surface area contributed by atoms with Crippen LogP contribution in [0.1, 0.15) is 45.9 Å². The van der Waals surface area contributed by atoms with Gasteiger partial charge in [-0.3, -0.25) is 4.79 Å². The molecule has 2 aliphatic heterocycles. The van der Waals surface area contributed by atoms with Crippen molar-refractivity contribution in [1.82, 2.24) is 19.9 Å². The Kier molecular flexibility index (Phi) is 5.40. The average molecular weight is 448 g/mol. The molecule has 0 aliphatic carbocycles. The van der Waals surface area contributed by atoms with Gasteiger partial charge in [-0.2, -0.15) is 0 Å². The number of anilines is 1. The maximum absolute atomic E-state index is 13.1. The molecule has 174 valence electrons. The third kappa shape index (κ3) is 3.59. The number of benzene rings is 1. The molecule has 1 amide bonds. The Balaban J connectivity index is 1.73. The molecule has 1 N–H and O–H groups in total. The van der Waals surface area contributed by atoms with Crippen LogP contribution in [0.5, 0.6) is 0 Å². The number of nitrogens with zero attached hydrogens (tertiary/aromatic N) is 4. The minimum atomic E-state index is -0.525. The SMILES string of the molecule is CC(C)C(=O)N1CCc2c(N3CCOC[C@H]3C)nc(-c3cccc4[nH]ccc34)nc2C1(C)C. The monoisotopic (exact) mass is 447 g/mol. The lowest BCUT2D eigenvalue weighted by atomic mass is 9.86. The fraction of sp³-hybridized carbons (Fsp3) is 0.500. The molecule has 5 rings (SSSR count). The first-order valence-corrected chi connectivity index (χ1v) is 11.9. The van der Waals surface area contributed by atoms with Gasteiger partial charge in [0, 0.05) is 47.2 Å². The number of aromatic nitrogens is 3. The summed E-state index contributed by atoms with van der Waals surface area (Å²) < 4.78 is 5.71. The second-order valence-electron chi connectivity index (χ2n) is 10.0. The lowest BCUT2D eigenvalue weighted by molar-refractivity contribution is -0.141. The normalized spacial score (nSPS) is 20.4. The van der Waals surface area contributed by atoms with Gasteiger partial charge in [0.1, 0.15) is 5.82 Å². The highest BCUT2D eigenvalue weighted by Crippen LogP contribution is 2.40. The largest absolute Gasteiger partial charge is 0.377 e. The summed E-state index contributed by atoms with van der Waals surface area (Å²) in [6.45, 7) is 13.2. The van der Waals surface area contributed by atoms with E-state index in [1.165, 1.54) is 0 Å². The van der Waals surface area contributed by atoms with Crippen LogP contribution in [0.4, 0.5) is 5.82 Å². The molecule has 0 unspecified atom stereocenters. The van der Waals surface area contributed by atoms with Gasteiger partial charge in [0.05, 0.1) is 30.5 Å². The lowest BCUT2D eigenvalue weighted by Gasteiger charge is -2.45. The summed E-state index contributed by atoms with van der Waals surface area (Å²) in [5, 5.41) is 1.10. The van der Waals surface area contributed by atoms with Gasteiger partial charge in [0.25, 0.3) is 0 Å². The first-order chi connectivity index (χ1) is 15.8. The van der Waals surface area contributed by atoms with E-state index >= 15 is 0 Å². The van der Waals surface area contributed by atoms with Gasteiger partial charge in [-0.05, 0) is 39.3 Å². The van der Waals surface area contributed by atoms with E-state index in [9.17, 15) is 4.79 Å². The molecule has 33 heavy (non-hydrogen) atoms. The highest BCUT2D eigenvalue weighted by atomic mass is 16.5. The Morgan fingerprint density at radius 3 is 2.79 bits per heavy atom. The molecule has 7 heteroatoms. The predicted molar refractivity (Wildman–Crippen MR) is 130 cm³/mol. The Hall–Kier alpha value is -2.93. The van der Waals surface area contributed by atoms with Crippen molar-refractivity contribution < 1.29 is 9.53 Å². The number of nitrogens with one attached hydrogen (secondary N) is 1. The number of ether oxygens (including phenoxy) is 1. The summed E-state index contributed by atoms with van der Waals surface area (Å²) in [6.07, 6.45) is 2.70. The third-order valence-electron chi connectivity index (χ3n) is 7.06. The smallest absolute Gasteiger partial charge is 0.225 e. The van der Waals surface area contributed by atoms with Crippen LogP contribution < -0.4 is 4.90 Å². The van der Waals surface area contributed by atoms with Gasteiger partial charge >= 0.3 is 0 Å². The van der Waals surface area contributed by atoms with Crippen molar-refractivity contribution in [3.63, 3.8) is 0 Å². The number of fused-ring (bicyclic) bond motifs is 2. The Labute approximate surface area is 195 Å². The summed E-state index contributed by atoms with van der Waals surface area (Å²) in [6, 6.07) is 8.48. The number of amides is 1. The number of rotatable bonds is 3. The van der Waals surface area contributed by atoms with Crippen molar-refractivity contribution in [3.8, 4) is 11.4 Å². The van der Waals surface area contributed by atoms with Crippen LogP contribution in [-0.2, 0) is 21.5 Å². The number of aromatic amines is 1. The van der Waals surface area contributed by atoms with E-state index < -0.39 is 5.54 Å². The highest BCUT2D eigenvalue weighted by molar-refractivity contribution is 5.93. The minimum absolute atomic E-state index is 0.0560. The zero-order valence-electron chi connectivity index (χ0n) is 20.2. The quantitative estimate of drug-likeness (QED) is 0.654. The summed E-state index contributed by atoms with van der Waals surface area (Å²) in [5.74, 6) is 1.81. The molecule has 1 fully saturated rings. The molecule has 2 aromatic heterocycles. The summed E-state index contributed by atoms with van der Waals surface area (Å²) >= 11 is 0. The Morgan fingerprint density at radius 2 is 2.03 bits per heavy atom. The topological polar surface area (TPSA) is 74.3 Å². The number of hydrogen-bond donors (Lipinski definition) is 1. The van der Waals surface area contributed by atoms with E-state index in [4.69, 9.17) is 14.7 Å². The molecule has 4 heterocycles. The van der Waals surface area contributed by atoms with E-state index in [0.29, 0.717) is 25.6 Å². The maximum atomic E-state index is 13.1. The van der Waals surface area contributed by atoms with E-state index in [1.54, 1.807) is 0 Å². The molecule has 1 aromatic carbocycles. The lowest BCUT2D eigenvalue weighted by Crippen LogP contribution is -2.53. The number of H-pyrrole nitrogens is 1. The van der Waals surface area contributed by atoms with Gasteiger partial charge in [0.15, 0.2) is 5.82 Å². The van der Waals surface area contributed by atoms with Crippen molar-refractivity contribution >= 4 is 22.6 Å². The van der Waals surface area contributed by atoms with Crippen molar-refractivity contribution in [3.05, 3.63) is 41.7 Å². The molecule has 7 nitrogen and oxygen atoms in total.